The summed E-state index contributed by atoms with van der Waals surface area (Å²) in [5.74, 6) is -1.40. The molecule has 1 unspecified atom stereocenters. The number of rotatable bonds is 2. The molecule has 0 N–H and O–H groups in total. The minimum absolute atomic E-state index is 0.0466. The van der Waals surface area contributed by atoms with Crippen LogP contribution < -0.4 is 0 Å². The Morgan fingerprint density at radius 3 is 3.00 bits per heavy atom. The van der Waals surface area contributed by atoms with E-state index in [1.165, 1.54) is 0 Å². The Hall–Kier alpha value is -1.48. The molecule has 17 heavy (non-hydrogen) atoms. The van der Waals surface area contributed by atoms with Crippen molar-refractivity contribution in [2.75, 3.05) is 6.61 Å². The zero-order chi connectivity index (χ0) is 12.4. The number of ketones is 1. The summed E-state index contributed by atoms with van der Waals surface area (Å²) in [5, 5.41) is 0.503. The number of hydrogen-bond acceptors (Lipinski definition) is 3. The molecule has 1 atom stereocenters. The van der Waals surface area contributed by atoms with E-state index in [0.717, 1.165) is 5.56 Å². The molecule has 0 saturated heterocycles. The third kappa shape index (κ3) is 2.29. The van der Waals surface area contributed by atoms with Crippen molar-refractivity contribution >= 4 is 23.4 Å². The van der Waals surface area contributed by atoms with E-state index in [1.54, 1.807) is 12.1 Å². The summed E-state index contributed by atoms with van der Waals surface area (Å²) in [4.78, 5) is 23.7. The van der Waals surface area contributed by atoms with Crippen LogP contribution >= 0.6 is 11.6 Å². The Kier molecular flexibility index (Phi) is 3.38. The van der Waals surface area contributed by atoms with Crippen LogP contribution in [0.15, 0.2) is 18.2 Å². The van der Waals surface area contributed by atoms with Crippen molar-refractivity contribution < 1.29 is 14.3 Å². The molecule has 0 aromatic heterocycles. The predicted molar refractivity (Wildman–Crippen MR) is 63.9 cm³/mol. The summed E-state index contributed by atoms with van der Waals surface area (Å²) in [5.41, 5.74) is 1.48. The number of benzene rings is 1. The predicted octanol–water partition coefficient (Wildman–Crippen LogP) is 2.46. The lowest BCUT2D eigenvalue weighted by molar-refractivity contribution is -0.145. The molecule has 0 radical (unpaired) electrons. The fourth-order valence-corrected chi connectivity index (χ4v) is 2.21. The molecule has 0 heterocycles. The summed E-state index contributed by atoms with van der Waals surface area (Å²) >= 11 is 5.85. The van der Waals surface area contributed by atoms with E-state index in [2.05, 4.69) is 6.92 Å². The summed E-state index contributed by atoms with van der Waals surface area (Å²) in [6.45, 7) is 3.48. The Morgan fingerprint density at radius 1 is 1.53 bits per heavy atom. The van der Waals surface area contributed by atoms with E-state index in [0.29, 0.717) is 23.4 Å². The van der Waals surface area contributed by atoms with Crippen LogP contribution in [0.25, 0.3) is 0 Å². The monoisotopic (exact) mass is 251 g/mol. The lowest BCUT2D eigenvalue weighted by Gasteiger charge is -2.21. The second-order valence-electron chi connectivity index (χ2n) is 3.92. The molecule has 1 aliphatic rings. The lowest BCUT2D eigenvalue weighted by atomic mass is 9.83. The molecule has 0 spiro atoms. The van der Waals surface area contributed by atoms with Gasteiger partial charge in [-0.3, -0.25) is 9.59 Å². The molecule has 0 bridgehead atoms. The first-order valence-corrected chi connectivity index (χ1v) is 5.80. The van der Waals surface area contributed by atoms with E-state index >= 15 is 0 Å². The highest BCUT2D eigenvalue weighted by molar-refractivity contribution is 6.31. The molecular formula is C13H12ClO3+. The first-order chi connectivity index (χ1) is 8.13. The Labute approximate surface area is 105 Å². The molecule has 1 aromatic carbocycles. The number of hydrogen-bond donors (Lipinski definition) is 0. The number of aryl methyl sites for hydroxylation is 1. The number of Topliss-reactive ketones (excluding diaryl/α,β-unsaturated/α-hetero) is 1. The minimum atomic E-state index is -0.706. The number of carbonyl (C=O) groups excluding carboxylic acids is 2. The van der Waals surface area contributed by atoms with Crippen LogP contribution in [0.4, 0.5) is 0 Å². The molecule has 1 aliphatic carbocycles. The zero-order valence-electron chi connectivity index (χ0n) is 9.24. The van der Waals surface area contributed by atoms with Gasteiger partial charge < -0.3 is 4.74 Å². The fourth-order valence-electron chi connectivity index (χ4n) is 2.04. The number of esters is 1. The fraction of sp³-hybridized carbons (Fsp3) is 0.308. The molecule has 0 aliphatic heterocycles. The van der Waals surface area contributed by atoms with Crippen LogP contribution in [0.5, 0.6) is 0 Å². The second kappa shape index (κ2) is 4.80. The molecule has 0 saturated carbocycles. The first-order valence-electron chi connectivity index (χ1n) is 5.42. The quantitative estimate of drug-likeness (QED) is 0.461. The van der Waals surface area contributed by atoms with Crippen LogP contribution in [-0.2, 0) is 16.0 Å². The Morgan fingerprint density at radius 2 is 2.29 bits per heavy atom. The van der Waals surface area contributed by atoms with Gasteiger partial charge in [0.25, 0.3) is 0 Å². The highest BCUT2D eigenvalue weighted by Crippen LogP contribution is 2.28. The van der Waals surface area contributed by atoms with E-state index in [9.17, 15) is 9.59 Å². The highest BCUT2D eigenvalue weighted by atomic mass is 35.5. The van der Waals surface area contributed by atoms with Crippen molar-refractivity contribution in [2.24, 2.45) is 5.92 Å². The van der Waals surface area contributed by atoms with Gasteiger partial charge in [-0.2, -0.15) is 0 Å². The van der Waals surface area contributed by atoms with Gasteiger partial charge in [0, 0.05) is 10.6 Å². The normalized spacial score (nSPS) is 18.6. The van der Waals surface area contributed by atoms with Crippen molar-refractivity contribution in [1.29, 1.82) is 0 Å². The number of carbonyl (C=O) groups is 2. The van der Waals surface area contributed by atoms with Crippen molar-refractivity contribution in [3.63, 3.8) is 0 Å². The van der Waals surface area contributed by atoms with Crippen LogP contribution in [0.1, 0.15) is 22.3 Å². The highest BCUT2D eigenvalue weighted by Gasteiger charge is 2.34. The van der Waals surface area contributed by atoms with E-state index in [4.69, 9.17) is 16.3 Å². The van der Waals surface area contributed by atoms with Crippen LogP contribution in [0.2, 0.25) is 5.02 Å². The smallest absolute Gasteiger partial charge is 0.320 e. The maximum absolute atomic E-state index is 12.1. The van der Waals surface area contributed by atoms with Gasteiger partial charge in [-0.1, -0.05) is 17.7 Å². The topological polar surface area (TPSA) is 43.4 Å². The third-order valence-corrected chi connectivity index (χ3v) is 3.12. The summed E-state index contributed by atoms with van der Waals surface area (Å²) in [6.07, 6.45) is 1.18. The van der Waals surface area contributed by atoms with Crippen LogP contribution in [0.3, 0.4) is 0 Å². The van der Waals surface area contributed by atoms with Crippen molar-refractivity contribution in [3.8, 4) is 0 Å². The maximum Gasteiger partial charge on any atom is 0.320 e. The van der Waals surface area contributed by atoms with Gasteiger partial charge in [0.2, 0.25) is 6.61 Å². The summed E-state index contributed by atoms with van der Waals surface area (Å²) < 4.78 is 4.79. The molecule has 0 fully saturated rings. The molecule has 4 heteroatoms. The van der Waals surface area contributed by atoms with Gasteiger partial charge in [0.15, 0.2) is 5.78 Å². The molecule has 1 aromatic rings. The number of fused-ring (bicyclic) bond motifs is 1. The lowest BCUT2D eigenvalue weighted by Crippen LogP contribution is -2.31. The largest absolute Gasteiger partial charge is 0.423 e. The Bertz CT molecular complexity index is 468. The molecule has 0 amide bonds. The number of ether oxygens (including phenoxy) is 1. The third-order valence-electron chi connectivity index (χ3n) is 2.89. The first kappa shape index (κ1) is 12.0. The van der Waals surface area contributed by atoms with Gasteiger partial charge in [-0.05, 0) is 30.5 Å². The SMILES string of the molecule is [CH2+]COC(=O)C1CCc2ccc(Cl)cc2C1=O. The van der Waals surface area contributed by atoms with Crippen LogP contribution in [0, 0.1) is 12.8 Å². The van der Waals surface area contributed by atoms with Gasteiger partial charge >= 0.3 is 5.97 Å². The minimum Gasteiger partial charge on any atom is -0.423 e. The van der Waals surface area contributed by atoms with Gasteiger partial charge in [-0.15, -0.1) is 0 Å². The van der Waals surface area contributed by atoms with Gasteiger partial charge in [0.05, 0.1) is 0 Å². The Balaban J connectivity index is 2.29. The molecule has 88 valence electrons. The van der Waals surface area contributed by atoms with Crippen molar-refractivity contribution in [3.05, 3.63) is 41.3 Å². The standard InChI is InChI=1S/C13H12ClO3/c1-2-17-13(16)10-6-4-8-3-5-9(14)7-11(8)12(10)15/h3,5,7,10H,1-2,4,6H2/q+1. The second-order valence-corrected chi connectivity index (χ2v) is 4.36. The van der Waals surface area contributed by atoms with Crippen molar-refractivity contribution in [1.82, 2.24) is 0 Å². The van der Waals surface area contributed by atoms with E-state index in [-0.39, 0.29) is 12.4 Å². The molecular weight excluding hydrogens is 240 g/mol. The van der Waals surface area contributed by atoms with E-state index in [1.807, 2.05) is 6.07 Å². The van der Waals surface area contributed by atoms with E-state index < -0.39 is 11.9 Å². The molecule has 2 rings (SSSR count). The summed E-state index contributed by atoms with van der Waals surface area (Å²) in [6, 6.07) is 5.20. The zero-order valence-corrected chi connectivity index (χ0v) is 10.00. The summed E-state index contributed by atoms with van der Waals surface area (Å²) in [7, 11) is 0. The average Bonchev–Trinajstić information content (AvgIpc) is 2.30. The number of halogens is 1. The molecule has 3 nitrogen and oxygen atoms in total. The van der Waals surface area contributed by atoms with Crippen LogP contribution in [-0.4, -0.2) is 18.4 Å². The average molecular weight is 252 g/mol. The van der Waals surface area contributed by atoms with Crippen molar-refractivity contribution in [2.45, 2.75) is 12.8 Å². The maximum atomic E-state index is 12.1. The van der Waals surface area contributed by atoms with Gasteiger partial charge in [-0.25, -0.2) is 0 Å². The van der Waals surface area contributed by atoms with Gasteiger partial charge in [0.1, 0.15) is 12.8 Å².